The van der Waals surface area contributed by atoms with Gasteiger partial charge in [-0.05, 0) is 25.8 Å². The summed E-state index contributed by atoms with van der Waals surface area (Å²) < 4.78 is 5.40. The van der Waals surface area contributed by atoms with Gasteiger partial charge in [-0.25, -0.2) is 0 Å². The summed E-state index contributed by atoms with van der Waals surface area (Å²) in [5, 5.41) is 12.1. The molecular weight excluding hydrogens is 166 g/mol. The van der Waals surface area contributed by atoms with Gasteiger partial charge in [-0.3, -0.25) is 0 Å². The van der Waals surface area contributed by atoms with Crippen molar-refractivity contribution in [2.24, 2.45) is 5.92 Å². The van der Waals surface area contributed by atoms with E-state index in [1.54, 1.807) is 6.92 Å². The van der Waals surface area contributed by atoms with Gasteiger partial charge in [0.05, 0.1) is 6.10 Å². The molecule has 0 aromatic carbocycles. The van der Waals surface area contributed by atoms with Crippen molar-refractivity contribution in [3.8, 4) is 0 Å². The van der Waals surface area contributed by atoms with Crippen LogP contribution in [0.2, 0.25) is 0 Å². The average Bonchev–Trinajstić information content (AvgIpc) is 2.01. The molecule has 3 nitrogen and oxygen atoms in total. The Morgan fingerprint density at radius 3 is 2.54 bits per heavy atom. The van der Waals surface area contributed by atoms with Crippen LogP contribution in [0.25, 0.3) is 0 Å². The number of hydrogen-bond acceptors (Lipinski definition) is 3. The molecule has 80 valence electrons. The fourth-order valence-electron chi connectivity index (χ4n) is 0.929. The first-order chi connectivity index (χ1) is 6.13. The van der Waals surface area contributed by atoms with Crippen molar-refractivity contribution >= 4 is 0 Å². The highest BCUT2D eigenvalue weighted by molar-refractivity contribution is 4.52. The summed E-state index contributed by atoms with van der Waals surface area (Å²) in [6.07, 6.45) is 0.760. The highest BCUT2D eigenvalue weighted by atomic mass is 16.5. The summed E-state index contributed by atoms with van der Waals surface area (Å²) in [4.78, 5) is 0. The summed E-state index contributed by atoms with van der Waals surface area (Å²) in [5.41, 5.74) is 0. The van der Waals surface area contributed by atoms with E-state index in [4.69, 9.17) is 9.84 Å². The second-order valence-corrected chi connectivity index (χ2v) is 3.88. The Morgan fingerprint density at radius 1 is 1.31 bits per heavy atom. The smallest absolute Gasteiger partial charge is 0.0636 e. The summed E-state index contributed by atoms with van der Waals surface area (Å²) in [7, 11) is 0. The molecule has 0 aliphatic carbocycles. The summed E-state index contributed by atoms with van der Waals surface area (Å²) in [5.74, 6) is 0.616. The Balaban J connectivity index is 2.92. The largest absolute Gasteiger partial charge is 0.392 e. The van der Waals surface area contributed by atoms with Crippen molar-refractivity contribution in [1.82, 2.24) is 5.32 Å². The van der Waals surface area contributed by atoms with Gasteiger partial charge in [0.15, 0.2) is 0 Å². The van der Waals surface area contributed by atoms with E-state index in [0.717, 1.165) is 26.2 Å². The molecule has 0 aliphatic heterocycles. The zero-order chi connectivity index (χ0) is 10.1. The van der Waals surface area contributed by atoms with Gasteiger partial charge in [0, 0.05) is 19.8 Å². The molecule has 2 N–H and O–H groups in total. The monoisotopic (exact) mass is 189 g/mol. The highest BCUT2D eigenvalue weighted by Gasteiger charge is 1.95. The number of nitrogens with one attached hydrogen (secondary N) is 1. The van der Waals surface area contributed by atoms with Crippen LogP contribution in [0.5, 0.6) is 0 Å². The standard InChI is InChI=1S/C10H23NO2/c1-9(2)8-13-6-4-5-11-7-10(3)12/h9-12H,4-8H2,1-3H3/t10-/m1/s1. The Morgan fingerprint density at radius 2 is 2.00 bits per heavy atom. The Labute approximate surface area is 81.5 Å². The molecular formula is C10H23NO2. The lowest BCUT2D eigenvalue weighted by Gasteiger charge is -2.08. The third kappa shape index (κ3) is 11.9. The third-order valence-corrected chi connectivity index (χ3v) is 1.53. The van der Waals surface area contributed by atoms with Crippen molar-refractivity contribution in [1.29, 1.82) is 0 Å². The molecule has 0 fully saturated rings. The molecule has 0 bridgehead atoms. The normalized spacial score (nSPS) is 13.6. The molecule has 0 radical (unpaired) electrons. The summed E-state index contributed by atoms with van der Waals surface area (Å²) >= 11 is 0. The Hall–Kier alpha value is -0.120. The maximum absolute atomic E-state index is 8.93. The predicted octanol–water partition coefficient (Wildman–Crippen LogP) is 1.02. The molecule has 0 heterocycles. The molecule has 1 atom stereocenters. The van der Waals surface area contributed by atoms with Crippen molar-refractivity contribution in [2.45, 2.75) is 33.3 Å². The molecule has 0 saturated carbocycles. The van der Waals surface area contributed by atoms with Crippen LogP contribution < -0.4 is 5.32 Å². The van der Waals surface area contributed by atoms with Gasteiger partial charge in [0.1, 0.15) is 0 Å². The third-order valence-electron chi connectivity index (χ3n) is 1.53. The summed E-state index contributed by atoms with van der Waals surface area (Å²) in [6, 6.07) is 0. The minimum Gasteiger partial charge on any atom is -0.392 e. The average molecular weight is 189 g/mol. The molecule has 0 spiro atoms. The van der Waals surface area contributed by atoms with E-state index in [-0.39, 0.29) is 6.10 Å². The fraction of sp³-hybridized carbons (Fsp3) is 1.00. The quantitative estimate of drug-likeness (QED) is 0.560. The molecule has 0 rings (SSSR count). The van der Waals surface area contributed by atoms with Crippen molar-refractivity contribution in [3.63, 3.8) is 0 Å². The van der Waals surface area contributed by atoms with Crippen LogP contribution in [0.3, 0.4) is 0 Å². The maximum Gasteiger partial charge on any atom is 0.0636 e. The predicted molar refractivity (Wildman–Crippen MR) is 54.8 cm³/mol. The molecule has 0 amide bonds. The number of hydrogen-bond donors (Lipinski definition) is 2. The zero-order valence-corrected chi connectivity index (χ0v) is 9.05. The van der Waals surface area contributed by atoms with Gasteiger partial charge in [-0.2, -0.15) is 0 Å². The number of aliphatic hydroxyl groups excluding tert-OH is 1. The van der Waals surface area contributed by atoms with Crippen LogP contribution in [0.4, 0.5) is 0 Å². The summed E-state index contributed by atoms with van der Waals surface area (Å²) in [6.45, 7) is 9.31. The van der Waals surface area contributed by atoms with Crippen molar-refractivity contribution in [3.05, 3.63) is 0 Å². The first-order valence-electron chi connectivity index (χ1n) is 5.09. The van der Waals surface area contributed by atoms with E-state index in [0.29, 0.717) is 12.5 Å². The zero-order valence-electron chi connectivity index (χ0n) is 9.05. The number of ether oxygens (including phenoxy) is 1. The van der Waals surface area contributed by atoms with E-state index >= 15 is 0 Å². The highest BCUT2D eigenvalue weighted by Crippen LogP contribution is 1.92. The topological polar surface area (TPSA) is 41.5 Å². The molecule has 0 saturated heterocycles. The Kier molecular flexibility index (Phi) is 8.40. The van der Waals surface area contributed by atoms with Gasteiger partial charge < -0.3 is 15.2 Å². The van der Waals surface area contributed by atoms with Crippen LogP contribution >= 0.6 is 0 Å². The number of rotatable bonds is 8. The fourth-order valence-corrected chi connectivity index (χ4v) is 0.929. The lowest BCUT2D eigenvalue weighted by atomic mass is 10.2. The Bertz CT molecular complexity index is 93.1. The van der Waals surface area contributed by atoms with Gasteiger partial charge in [0.2, 0.25) is 0 Å². The van der Waals surface area contributed by atoms with Crippen LogP contribution in [-0.2, 0) is 4.74 Å². The van der Waals surface area contributed by atoms with Crippen molar-refractivity contribution < 1.29 is 9.84 Å². The van der Waals surface area contributed by atoms with Crippen LogP contribution in [0, 0.1) is 5.92 Å². The first kappa shape index (κ1) is 12.9. The van der Waals surface area contributed by atoms with Crippen LogP contribution in [-0.4, -0.2) is 37.5 Å². The van der Waals surface area contributed by atoms with Gasteiger partial charge >= 0.3 is 0 Å². The minimum atomic E-state index is -0.253. The van der Waals surface area contributed by atoms with E-state index in [2.05, 4.69) is 19.2 Å². The molecule has 0 unspecified atom stereocenters. The van der Waals surface area contributed by atoms with Gasteiger partial charge in [0.25, 0.3) is 0 Å². The first-order valence-corrected chi connectivity index (χ1v) is 5.09. The van der Waals surface area contributed by atoms with Gasteiger partial charge in [-0.15, -0.1) is 0 Å². The molecule has 0 aromatic heterocycles. The van der Waals surface area contributed by atoms with E-state index < -0.39 is 0 Å². The maximum atomic E-state index is 8.93. The second kappa shape index (κ2) is 8.48. The molecule has 0 aromatic rings. The lowest BCUT2D eigenvalue weighted by molar-refractivity contribution is 0.107. The SMILES string of the molecule is CC(C)COCCCNC[C@@H](C)O. The van der Waals surface area contributed by atoms with Gasteiger partial charge in [-0.1, -0.05) is 13.8 Å². The number of aliphatic hydroxyl groups is 1. The van der Waals surface area contributed by atoms with E-state index in [1.807, 2.05) is 0 Å². The molecule has 3 heteroatoms. The van der Waals surface area contributed by atoms with Crippen LogP contribution in [0.15, 0.2) is 0 Å². The lowest BCUT2D eigenvalue weighted by Crippen LogP contribution is -2.26. The van der Waals surface area contributed by atoms with Crippen LogP contribution in [0.1, 0.15) is 27.2 Å². The minimum absolute atomic E-state index is 0.253. The second-order valence-electron chi connectivity index (χ2n) is 3.88. The molecule has 13 heavy (non-hydrogen) atoms. The van der Waals surface area contributed by atoms with E-state index in [9.17, 15) is 0 Å². The van der Waals surface area contributed by atoms with E-state index in [1.165, 1.54) is 0 Å². The van der Waals surface area contributed by atoms with Crippen molar-refractivity contribution in [2.75, 3.05) is 26.3 Å². The molecule has 0 aliphatic rings.